The van der Waals surface area contributed by atoms with Crippen molar-refractivity contribution < 1.29 is 14.6 Å². The van der Waals surface area contributed by atoms with Gasteiger partial charge in [-0.3, -0.25) is 0 Å². The second kappa shape index (κ2) is 10.8. The minimum Gasteiger partial charge on any atom is -0.385 e. The fraction of sp³-hybridized carbons (Fsp3) is 0.478. The first kappa shape index (κ1) is 22.6. The van der Waals surface area contributed by atoms with Crippen molar-refractivity contribution in [1.82, 2.24) is 5.32 Å². The summed E-state index contributed by atoms with van der Waals surface area (Å²) in [6.45, 7) is 2.67. The van der Waals surface area contributed by atoms with Gasteiger partial charge in [0.15, 0.2) is 0 Å². The minimum absolute atomic E-state index is 0.334. The Kier molecular flexibility index (Phi) is 8.42. The van der Waals surface area contributed by atoms with Crippen LogP contribution in [0.25, 0.3) is 11.1 Å². The highest BCUT2D eigenvalue weighted by atomic mass is 35.5. The van der Waals surface area contributed by atoms with E-state index in [1.807, 2.05) is 24.3 Å². The van der Waals surface area contributed by atoms with Crippen LogP contribution in [0.4, 0.5) is 0 Å². The van der Waals surface area contributed by atoms with Crippen LogP contribution < -0.4 is 5.32 Å². The third-order valence-corrected chi connectivity index (χ3v) is 6.50. The third-order valence-electron chi connectivity index (χ3n) is 5.46. The summed E-state index contributed by atoms with van der Waals surface area (Å²) in [5.74, 6) is 0. The van der Waals surface area contributed by atoms with E-state index in [-0.39, 0.29) is 6.10 Å². The van der Waals surface area contributed by atoms with Gasteiger partial charge in [0.2, 0.25) is 0 Å². The van der Waals surface area contributed by atoms with E-state index in [0.717, 1.165) is 41.0 Å². The van der Waals surface area contributed by atoms with Crippen LogP contribution in [-0.4, -0.2) is 50.9 Å². The molecule has 0 aliphatic carbocycles. The van der Waals surface area contributed by atoms with Crippen LogP contribution in [0.1, 0.15) is 24.8 Å². The van der Waals surface area contributed by atoms with Gasteiger partial charge in [-0.25, -0.2) is 0 Å². The Labute approximate surface area is 182 Å². The normalized spacial score (nSPS) is 19.1. The number of hydrogen-bond donors (Lipinski definition) is 2. The Bertz CT molecular complexity index is 797. The zero-order chi connectivity index (χ0) is 20.7. The first-order valence-electron chi connectivity index (χ1n) is 10.1. The van der Waals surface area contributed by atoms with E-state index < -0.39 is 5.60 Å². The first-order valence-corrected chi connectivity index (χ1v) is 11.7. The van der Waals surface area contributed by atoms with Crippen molar-refractivity contribution in [1.29, 1.82) is 0 Å². The van der Waals surface area contributed by atoms with Gasteiger partial charge in [0, 0.05) is 42.3 Å². The number of ether oxygens (including phenoxy) is 2. The topological polar surface area (TPSA) is 50.7 Å². The number of nitrogens with one attached hydrogen (secondary N) is 1. The highest BCUT2D eigenvalue weighted by molar-refractivity contribution is 7.98. The van der Waals surface area contributed by atoms with Crippen molar-refractivity contribution in [3.8, 4) is 11.1 Å². The molecule has 0 spiro atoms. The molecular weight excluding hydrogens is 406 g/mol. The van der Waals surface area contributed by atoms with E-state index in [9.17, 15) is 5.11 Å². The molecule has 0 bridgehead atoms. The Morgan fingerprint density at radius 2 is 2.10 bits per heavy atom. The molecule has 1 saturated heterocycles. The van der Waals surface area contributed by atoms with E-state index in [0.29, 0.717) is 31.2 Å². The maximum Gasteiger partial charge on any atom is 0.118 e. The number of aliphatic hydroxyl groups is 1. The number of thioether (sulfide) groups is 1. The summed E-state index contributed by atoms with van der Waals surface area (Å²) in [7, 11) is 1.70. The standard InChI is InChI=1S/C23H30ClNO3S/c1-27-13-4-3-11-23(26,21-16-25-12-14-28-21)19-9-6-10-20(24)22(19)17-7-5-8-18(15-17)29-2/h5-10,15,21,25-26H,3-4,11-14,16H2,1-2H3/t21-,23?/m1/s1. The van der Waals surface area contributed by atoms with Crippen molar-refractivity contribution >= 4 is 23.4 Å². The second-order valence-corrected chi connectivity index (χ2v) is 8.62. The number of unbranched alkanes of at least 4 members (excludes halogenated alkanes) is 1. The quantitative estimate of drug-likeness (QED) is 0.440. The molecule has 1 heterocycles. The van der Waals surface area contributed by atoms with Crippen molar-refractivity contribution in [2.24, 2.45) is 0 Å². The summed E-state index contributed by atoms with van der Waals surface area (Å²) >= 11 is 8.38. The Morgan fingerprint density at radius 1 is 1.28 bits per heavy atom. The smallest absolute Gasteiger partial charge is 0.118 e. The van der Waals surface area contributed by atoms with Gasteiger partial charge in [0.25, 0.3) is 0 Å². The molecule has 0 aromatic heterocycles. The van der Waals surface area contributed by atoms with Gasteiger partial charge >= 0.3 is 0 Å². The van der Waals surface area contributed by atoms with Crippen LogP contribution in [-0.2, 0) is 15.1 Å². The molecule has 1 unspecified atom stereocenters. The zero-order valence-corrected chi connectivity index (χ0v) is 18.7. The van der Waals surface area contributed by atoms with E-state index in [4.69, 9.17) is 21.1 Å². The lowest BCUT2D eigenvalue weighted by Crippen LogP contribution is -2.51. The van der Waals surface area contributed by atoms with Crippen molar-refractivity contribution in [3.63, 3.8) is 0 Å². The number of methoxy groups -OCH3 is 1. The lowest BCUT2D eigenvalue weighted by Gasteiger charge is -2.40. The molecule has 1 aliphatic rings. The molecule has 29 heavy (non-hydrogen) atoms. The van der Waals surface area contributed by atoms with Crippen molar-refractivity contribution in [2.45, 2.75) is 35.9 Å². The van der Waals surface area contributed by atoms with E-state index >= 15 is 0 Å². The molecule has 2 atom stereocenters. The Hall–Kier alpha value is -1.08. The number of rotatable bonds is 9. The molecule has 3 rings (SSSR count). The monoisotopic (exact) mass is 435 g/mol. The van der Waals surface area contributed by atoms with Gasteiger partial charge in [-0.1, -0.05) is 35.9 Å². The molecule has 158 valence electrons. The number of halogens is 1. The molecule has 2 aromatic rings. The van der Waals surface area contributed by atoms with Crippen LogP contribution in [0.3, 0.4) is 0 Å². The molecule has 0 saturated carbocycles. The SMILES string of the molecule is COCCCCC(O)(c1cccc(Cl)c1-c1cccc(SC)c1)[C@H]1CNCCO1. The second-order valence-electron chi connectivity index (χ2n) is 7.33. The molecule has 6 heteroatoms. The lowest BCUT2D eigenvalue weighted by molar-refractivity contribution is -0.129. The molecule has 0 radical (unpaired) electrons. The zero-order valence-electron chi connectivity index (χ0n) is 17.1. The van der Waals surface area contributed by atoms with Gasteiger partial charge in [0.05, 0.1) is 6.61 Å². The summed E-state index contributed by atoms with van der Waals surface area (Å²) in [4.78, 5) is 1.16. The summed E-state index contributed by atoms with van der Waals surface area (Å²) in [6, 6.07) is 14.1. The predicted octanol–water partition coefficient (Wildman–Crippen LogP) is 4.72. The minimum atomic E-state index is -1.14. The summed E-state index contributed by atoms with van der Waals surface area (Å²) in [6.07, 6.45) is 4.02. The Balaban J connectivity index is 2.05. The number of hydrogen-bond acceptors (Lipinski definition) is 5. The highest BCUT2D eigenvalue weighted by Crippen LogP contribution is 2.42. The van der Waals surface area contributed by atoms with Crippen molar-refractivity contribution in [2.75, 3.05) is 39.7 Å². The van der Waals surface area contributed by atoms with Crippen LogP contribution in [0.15, 0.2) is 47.4 Å². The molecule has 4 nitrogen and oxygen atoms in total. The Morgan fingerprint density at radius 3 is 2.83 bits per heavy atom. The molecule has 2 aromatic carbocycles. The average molecular weight is 436 g/mol. The molecule has 1 fully saturated rings. The van der Waals surface area contributed by atoms with E-state index in [1.54, 1.807) is 18.9 Å². The summed E-state index contributed by atoms with van der Waals surface area (Å²) in [5, 5.41) is 16.0. The van der Waals surface area contributed by atoms with Gasteiger partial charge < -0.3 is 19.9 Å². The van der Waals surface area contributed by atoms with Gasteiger partial charge in [0.1, 0.15) is 11.7 Å². The fourth-order valence-corrected chi connectivity index (χ4v) is 4.68. The summed E-state index contributed by atoms with van der Waals surface area (Å²) in [5.41, 5.74) is 1.58. The van der Waals surface area contributed by atoms with Crippen molar-refractivity contribution in [3.05, 3.63) is 53.1 Å². The van der Waals surface area contributed by atoms with E-state index in [1.165, 1.54) is 0 Å². The first-order chi connectivity index (χ1) is 14.1. The van der Waals surface area contributed by atoms with Gasteiger partial charge in [-0.15, -0.1) is 11.8 Å². The van der Waals surface area contributed by atoms with Gasteiger partial charge in [-0.2, -0.15) is 0 Å². The average Bonchev–Trinajstić information content (AvgIpc) is 2.77. The molecule has 2 N–H and O–H groups in total. The maximum atomic E-state index is 12.0. The molecule has 1 aliphatic heterocycles. The van der Waals surface area contributed by atoms with E-state index in [2.05, 4.69) is 29.8 Å². The third kappa shape index (κ3) is 5.35. The predicted molar refractivity (Wildman–Crippen MR) is 121 cm³/mol. The highest BCUT2D eigenvalue weighted by Gasteiger charge is 2.41. The summed E-state index contributed by atoms with van der Waals surface area (Å²) < 4.78 is 11.2. The molecular formula is C23H30ClNO3S. The van der Waals surface area contributed by atoms with Crippen LogP contribution >= 0.6 is 23.4 Å². The number of benzene rings is 2. The number of morpholine rings is 1. The largest absolute Gasteiger partial charge is 0.385 e. The van der Waals surface area contributed by atoms with Crippen LogP contribution in [0.5, 0.6) is 0 Å². The van der Waals surface area contributed by atoms with Crippen LogP contribution in [0, 0.1) is 0 Å². The lowest BCUT2D eigenvalue weighted by atomic mass is 9.79. The van der Waals surface area contributed by atoms with Gasteiger partial charge in [-0.05, 0) is 54.8 Å². The van der Waals surface area contributed by atoms with Crippen LogP contribution in [0.2, 0.25) is 5.02 Å². The fourth-order valence-electron chi connectivity index (χ4n) is 3.94. The molecule has 0 amide bonds. The maximum absolute atomic E-state index is 12.0.